The maximum Gasteiger partial charge on any atom is 0.282 e. The molecule has 0 bridgehead atoms. The standard InChI is InChI=1S/C10H21N3O2S2/c1-9-10(2)16-8-7-13(9)17(14,15)12-5-3-11-4-6-12/h9-11H,3-8H2,1-2H3. The molecule has 1 N–H and O–H groups in total. The molecule has 0 aliphatic carbocycles. The third kappa shape index (κ3) is 2.78. The molecule has 0 aromatic carbocycles. The Hall–Kier alpha value is 0.180. The molecule has 17 heavy (non-hydrogen) atoms. The summed E-state index contributed by atoms with van der Waals surface area (Å²) >= 11 is 1.86. The number of nitrogens with zero attached hydrogens (tertiary/aromatic N) is 2. The number of nitrogens with one attached hydrogen (secondary N) is 1. The Morgan fingerprint density at radius 1 is 1.18 bits per heavy atom. The predicted octanol–water partition coefficient (Wildman–Crippen LogP) is -0.0378. The second kappa shape index (κ2) is 5.44. The van der Waals surface area contributed by atoms with Gasteiger partial charge in [-0.1, -0.05) is 6.92 Å². The maximum absolute atomic E-state index is 12.5. The Morgan fingerprint density at radius 3 is 2.47 bits per heavy atom. The van der Waals surface area contributed by atoms with E-state index in [1.165, 1.54) is 0 Å². The Morgan fingerprint density at radius 2 is 1.82 bits per heavy atom. The van der Waals surface area contributed by atoms with Gasteiger partial charge < -0.3 is 5.32 Å². The third-order valence-electron chi connectivity index (χ3n) is 3.52. The summed E-state index contributed by atoms with van der Waals surface area (Å²) in [7, 11) is -3.25. The van der Waals surface area contributed by atoms with Crippen molar-refractivity contribution in [3.8, 4) is 0 Å². The molecule has 2 aliphatic heterocycles. The quantitative estimate of drug-likeness (QED) is 0.771. The van der Waals surface area contributed by atoms with E-state index in [0.29, 0.717) is 24.9 Å². The highest BCUT2D eigenvalue weighted by Gasteiger charge is 2.37. The van der Waals surface area contributed by atoms with Gasteiger partial charge in [-0.15, -0.1) is 0 Å². The molecule has 5 nitrogen and oxygen atoms in total. The van der Waals surface area contributed by atoms with Crippen LogP contribution in [0.3, 0.4) is 0 Å². The molecule has 2 aliphatic rings. The number of hydrogen-bond acceptors (Lipinski definition) is 4. The summed E-state index contributed by atoms with van der Waals surface area (Å²) < 4.78 is 28.3. The zero-order valence-electron chi connectivity index (χ0n) is 10.4. The Balaban J connectivity index is 2.13. The fourth-order valence-corrected chi connectivity index (χ4v) is 5.41. The van der Waals surface area contributed by atoms with Crippen LogP contribution in [-0.2, 0) is 10.2 Å². The van der Waals surface area contributed by atoms with Crippen LogP contribution in [-0.4, -0.2) is 66.8 Å². The van der Waals surface area contributed by atoms with Gasteiger partial charge in [0.2, 0.25) is 0 Å². The van der Waals surface area contributed by atoms with Crippen LogP contribution in [0.25, 0.3) is 0 Å². The van der Waals surface area contributed by atoms with Gasteiger partial charge in [-0.3, -0.25) is 0 Å². The van der Waals surface area contributed by atoms with E-state index in [1.54, 1.807) is 8.61 Å². The van der Waals surface area contributed by atoms with Crippen molar-refractivity contribution < 1.29 is 8.42 Å². The molecule has 0 spiro atoms. The molecule has 2 saturated heterocycles. The number of hydrogen-bond donors (Lipinski definition) is 1. The highest BCUT2D eigenvalue weighted by molar-refractivity contribution is 8.00. The lowest BCUT2D eigenvalue weighted by Crippen LogP contribution is -2.56. The average molecular weight is 279 g/mol. The molecule has 0 saturated carbocycles. The summed E-state index contributed by atoms with van der Waals surface area (Å²) in [5.41, 5.74) is 0. The summed E-state index contributed by atoms with van der Waals surface area (Å²) in [6.45, 7) is 7.45. The summed E-state index contributed by atoms with van der Waals surface area (Å²) in [5.74, 6) is 0.900. The molecule has 0 aromatic rings. The second-order valence-electron chi connectivity index (χ2n) is 4.58. The van der Waals surface area contributed by atoms with Crippen molar-refractivity contribution in [2.75, 3.05) is 38.5 Å². The fraction of sp³-hybridized carbons (Fsp3) is 1.00. The summed E-state index contributed by atoms with van der Waals surface area (Å²) in [6.07, 6.45) is 0. The van der Waals surface area contributed by atoms with Gasteiger partial charge in [0.1, 0.15) is 0 Å². The maximum atomic E-state index is 12.5. The lowest BCUT2D eigenvalue weighted by atomic mass is 10.2. The van der Waals surface area contributed by atoms with E-state index >= 15 is 0 Å². The van der Waals surface area contributed by atoms with Crippen LogP contribution >= 0.6 is 11.8 Å². The van der Waals surface area contributed by atoms with Crippen molar-refractivity contribution >= 4 is 22.0 Å². The predicted molar refractivity (Wildman–Crippen MR) is 71.5 cm³/mol. The van der Waals surface area contributed by atoms with Crippen molar-refractivity contribution in [3.63, 3.8) is 0 Å². The topological polar surface area (TPSA) is 52.7 Å². The molecule has 0 aromatic heterocycles. The third-order valence-corrected chi connectivity index (χ3v) is 6.99. The van der Waals surface area contributed by atoms with Crippen LogP contribution in [0.1, 0.15) is 13.8 Å². The first-order valence-corrected chi connectivity index (χ1v) is 8.57. The lowest BCUT2D eigenvalue weighted by Gasteiger charge is -2.40. The van der Waals surface area contributed by atoms with Crippen molar-refractivity contribution in [1.82, 2.24) is 13.9 Å². The first-order valence-electron chi connectivity index (χ1n) is 6.12. The van der Waals surface area contributed by atoms with Gasteiger partial charge in [0.05, 0.1) is 0 Å². The minimum atomic E-state index is -3.25. The molecule has 2 atom stereocenters. The lowest BCUT2D eigenvalue weighted by molar-refractivity contribution is 0.281. The van der Waals surface area contributed by atoms with Crippen molar-refractivity contribution in [2.24, 2.45) is 0 Å². The van der Waals surface area contributed by atoms with Gasteiger partial charge in [0, 0.05) is 49.8 Å². The highest BCUT2D eigenvalue weighted by atomic mass is 32.2. The van der Waals surface area contributed by atoms with Crippen LogP contribution in [0.5, 0.6) is 0 Å². The van der Waals surface area contributed by atoms with E-state index in [-0.39, 0.29) is 6.04 Å². The zero-order valence-corrected chi connectivity index (χ0v) is 12.1. The molecule has 0 amide bonds. The summed E-state index contributed by atoms with van der Waals surface area (Å²) in [5, 5.41) is 3.56. The number of thioether (sulfide) groups is 1. The van der Waals surface area contributed by atoms with E-state index < -0.39 is 10.2 Å². The van der Waals surface area contributed by atoms with E-state index in [2.05, 4.69) is 12.2 Å². The van der Waals surface area contributed by atoms with Gasteiger partial charge in [0.15, 0.2) is 0 Å². The molecular weight excluding hydrogens is 258 g/mol. The fourth-order valence-electron chi connectivity index (χ4n) is 2.25. The summed E-state index contributed by atoms with van der Waals surface area (Å²) in [6, 6.07) is 0.0913. The smallest absolute Gasteiger partial charge is 0.282 e. The molecule has 7 heteroatoms. The molecule has 0 radical (unpaired) electrons. The van der Waals surface area contributed by atoms with Gasteiger partial charge in [0.25, 0.3) is 10.2 Å². The van der Waals surface area contributed by atoms with Gasteiger partial charge in [-0.2, -0.15) is 28.8 Å². The van der Waals surface area contributed by atoms with E-state index in [1.807, 2.05) is 18.7 Å². The Kier molecular flexibility index (Phi) is 4.35. The van der Waals surface area contributed by atoms with Crippen LogP contribution in [0.4, 0.5) is 0 Å². The number of piperazine rings is 1. The van der Waals surface area contributed by atoms with Crippen LogP contribution in [0, 0.1) is 0 Å². The molecular formula is C10H21N3O2S2. The van der Waals surface area contributed by atoms with Crippen LogP contribution < -0.4 is 5.32 Å². The van der Waals surface area contributed by atoms with Crippen LogP contribution in [0.2, 0.25) is 0 Å². The molecule has 2 unspecified atom stereocenters. The van der Waals surface area contributed by atoms with Crippen molar-refractivity contribution in [2.45, 2.75) is 25.1 Å². The average Bonchev–Trinajstić information content (AvgIpc) is 2.33. The van der Waals surface area contributed by atoms with Crippen molar-refractivity contribution in [1.29, 1.82) is 0 Å². The van der Waals surface area contributed by atoms with Gasteiger partial charge >= 0.3 is 0 Å². The van der Waals surface area contributed by atoms with Crippen molar-refractivity contribution in [3.05, 3.63) is 0 Å². The molecule has 100 valence electrons. The first-order chi connectivity index (χ1) is 8.03. The van der Waals surface area contributed by atoms with E-state index in [9.17, 15) is 8.42 Å². The minimum Gasteiger partial charge on any atom is -0.314 e. The minimum absolute atomic E-state index is 0.0913. The van der Waals surface area contributed by atoms with Gasteiger partial charge in [-0.25, -0.2) is 0 Å². The highest BCUT2D eigenvalue weighted by Crippen LogP contribution is 2.27. The zero-order chi connectivity index (χ0) is 12.5. The normalized spacial score (nSPS) is 33.8. The van der Waals surface area contributed by atoms with Crippen LogP contribution in [0.15, 0.2) is 0 Å². The monoisotopic (exact) mass is 279 g/mol. The Bertz CT molecular complexity index is 355. The van der Waals surface area contributed by atoms with E-state index in [0.717, 1.165) is 18.8 Å². The van der Waals surface area contributed by atoms with Gasteiger partial charge in [-0.05, 0) is 6.92 Å². The molecule has 2 heterocycles. The second-order valence-corrected chi connectivity index (χ2v) is 7.95. The molecule has 2 fully saturated rings. The number of rotatable bonds is 2. The first kappa shape index (κ1) is 13.6. The largest absolute Gasteiger partial charge is 0.314 e. The SMILES string of the molecule is CC1SCCN(S(=O)(=O)N2CCNCC2)C1C. The van der Waals surface area contributed by atoms with E-state index in [4.69, 9.17) is 0 Å². The summed E-state index contributed by atoms with van der Waals surface area (Å²) in [4.78, 5) is 0. The molecule has 2 rings (SSSR count). The Labute approximate surface area is 108 Å².